The molecule has 0 fully saturated rings. The summed E-state index contributed by atoms with van der Waals surface area (Å²) in [5, 5.41) is 10.4. The van der Waals surface area contributed by atoms with Crippen LogP contribution in [0.2, 0.25) is 10.0 Å². The Labute approximate surface area is 94.4 Å². The van der Waals surface area contributed by atoms with Gasteiger partial charge in [-0.1, -0.05) is 23.2 Å². The molecule has 0 radical (unpaired) electrons. The predicted octanol–water partition coefficient (Wildman–Crippen LogP) is 2.92. The monoisotopic (exact) mass is 317 g/mol. The number of halogens is 3. The molecule has 0 aliphatic heterocycles. The molecule has 0 spiro atoms. The summed E-state index contributed by atoms with van der Waals surface area (Å²) in [6.07, 6.45) is -0.734. The van der Waals surface area contributed by atoms with Crippen molar-refractivity contribution in [1.29, 1.82) is 0 Å². The van der Waals surface area contributed by atoms with E-state index in [1.807, 2.05) is 22.9 Å². The Bertz CT molecular complexity index is 262. The van der Waals surface area contributed by atoms with Gasteiger partial charge in [0.1, 0.15) is 6.23 Å². The Morgan fingerprint density at radius 3 is 2.17 bits per heavy atom. The van der Waals surface area contributed by atoms with Crippen molar-refractivity contribution in [3.63, 3.8) is 0 Å². The van der Waals surface area contributed by atoms with Crippen molar-refractivity contribution in [2.75, 3.05) is 0 Å². The van der Waals surface area contributed by atoms with Crippen molar-refractivity contribution in [2.24, 2.45) is 0 Å². The Hall–Kier alpha value is 0.450. The molecule has 2 nitrogen and oxygen atoms in total. The number of nitrogens with one attached hydrogen (secondary N) is 1. The first kappa shape index (κ1) is 10.5. The molecule has 1 aromatic rings. The van der Waals surface area contributed by atoms with Gasteiger partial charge in [0.25, 0.3) is 0 Å². The van der Waals surface area contributed by atoms with Crippen LogP contribution >= 0.6 is 46.1 Å². The van der Waals surface area contributed by atoms with E-state index in [0.29, 0.717) is 15.6 Å². The minimum atomic E-state index is -0.734. The molecule has 2 N–H and O–H groups in total. The van der Waals surface area contributed by atoms with Crippen LogP contribution in [0.4, 0.5) is 0 Å². The number of rotatable bonds is 2. The molecule has 0 aliphatic rings. The lowest BCUT2D eigenvalue weighted by molar-refractivity contribution is 0.175. The molecule has 0 heterocycles. The zero-order chi connectivity index (χ0) is 9.14. The van der Waals surface area contributed by atoms with Crippen LogP contribution in [0.5, 0.6) is 0 Å². The first-order valence-corrected chi connectivity index (χ1v) is 4.97. The summed E-state index contributed by atoms with van der Waals surface area (Å²) in [6.45, 7) is 0. The third kappa shape index (κ3) is 2.74. The van der Waals surface area contributed by atoms with Gasteiger partial charge in [-0.25, -0.2) is 3.53 Å². The molecule has 12 heavy (non-hydrogen) atoms. The quantitative estimate of drug-likeness (QED) is 0.499. The van der Waals surface area contributed by atoms with Crippen LogP contribution in [0, 0.1) is 0 Å². The van der Waals surface area contributed by atoms with Gasteiger partial charge >= 0.3 is 0 Å². The molecule has 0 saturated carbocycles. The maximum absolute atomic E-state index is 9.34. The third-order valence-electron chi connectivity index (χ3n) is 1.30. The van der Waals surface area contributed by atoms with E-state index in [2.05, 4.69) is 3.53 Å². The van der Waals surface area contributed by atoms with Crippen molar-refractivity contribution in [3.05, 3.63) is 33.8 Å². The summed E-state index contributed by atoms with van der Waals surface area (Å²) >= 11 is 13.3. The summed E-state index contributed by atoms with van der Waals surface area (Å²) in [6, 6.07) is 4.93. The zero-order valence-corrected chi connectivity index (χ0v) is 9.56. The van der Waals surface area contributed by atoms with Crippen molar-refractivity contribution >= 4 is 46.1 Å². The number of aliphatic hydroxyl groups excluding tert-OH is 1. The highest BCUT2D eigenvalue weighted by Gasteiger charge is 2.06. The van der Waals surface area contributed by atoms with E-state index in [-0.39, 0.29) is 0 Å². The Balaban J connectivity index is 3.00. The van der Waals surface area contributed by atoms with Crippen molar-refractivity contribution < 1.29 is 5.11 Å². The van der Waals surface area contributed by atoms with Gasteiger partial charge in [0.05, 0.1) is 0 Å². The first-order valence-electron chi connectivity index (χ1n) is 3.13. The maximum atomic E-state index is 9.34. The molecular formula is C7H6Cl2INO. The lowest BCUT2D eigenvalue weighted by atomic mass is 10.2. The van der Waals surface area contributed by atoms with Crippen LogP contribution in [-0.4, -0.2) is 5.11 Å². The van der Waals surface area contributed by atoms with E-state index in [4.69, 9.17) is 23.2 Å². The smallest absolute Gasteiger partial charge is 0.139 e. The zero-order valence-electron chi connectivity index (χ0n) is 5.89. The second kappa shape index (κ2) is 4.62. The highest BCUT2D eigenvalue weighted by atomic mass is 127. The van der Waals surface area contributed by atoms with E-state index in [0.717, 1.165) is 0 Å². The Morgan fingerprint density at radius 1 is 1.25 bits per heavy atom. The normalized spacial score (nSPS) is 13.0. The average molecular weight is 318 g/mol. The lowest BCUT2D eigenvalue weighted by Gasteiger charge is -2.08. The SMILES string of the molecule is OC(NI)c1cc(Cl)cc(Cl)c1. The standard InChI is InChI=1S/C7H6Cl2INO/c8-5-1-4(7(12)11-10)2-6(9)3-5/h1-3,7,11-12H. The van der Waals surface area contributed by atoms with Crippen LogP contribution in [0.25, 0.3) is 0 Å². The molecule has 1 unspecified atom stereocenters. The molecule has 0 aromatic heterocycles. The number of hydrogen-bond donors (Lipinski definition) is 2. The van der Waals surface area contributed by atoms with E-state index in [1.165, 1.54) is 0 Å². The van der Waals surface area contributed by atoms with Crippen LogP contribution in [0.3, 0.4) is 0 Å². The molecule has 0 aliphatic carbocycles. The van der Waals surface area contributed by atoms with Crippen molar-refractivity contribution in [3.8, 4) is 0 Å². The summed E-state index contributed by atoms with van der Waals surface area (Å²) < 4.78 is 2.64. The van der Waals surface area contributed by atoms with Gasteiger partial charge in [0.15, 0.2) is 0 Å². The van der Waals surface area contributed by atoms with Gasteiger partial charge in [0, 0.05) is 32.9 Å². The van der Waals surface area contributed by atoms with Gasteiger partial charge < -0.3 is 5.11 Å². The van der Waals surface area contributed by atoms with Crippen LogP contribution in [0.1, 0.15) is 11.8 Å². The lowest BCUT2D eigenvalue weighted by Crippen LogP contribution is -2.08. The van der Waals surface area contributed by atoms with Gasteiger partial charge in [-0.05, 0) is 23.8 Å². The molecule has 1 rings (SSSR count). The van der Waals surface area contributed by atoms with E-state index in [9.17, 15) is 5.11 Å². The molecule has 0 amide bonds. The van der Waals surface area contributed by atoms with Gasteiger partial charge in [-0.15, -0.1) is 0 Å². The Morgan fingerprint density at radius 2 is 1.75 bits per heavy atom. The fraction of sp³-hybridized carbons (Fsp3) is 0.143. The number of benzene rings is 1. The first-order chi connectivity index (χ1) is 5.63. The van der Waals surface area contributed by atoms with Crippen LogP contribution in [-0.2, 0) is 0 Å². The highest BCUT2D eigenvalue weighted by molar-refractivity contribution is 14.1. The van der Waals surface area contributed by atoms with Crippen molar-refractivity contribution in [2.45, 2.75) is 6.23 Å². The number of aliphatic hydroxyl groups is 1. The highest BCUT2D eigenvalue weighted by Crippen LogP contribution is 2.22. The van der Waals surface area contributed by atoms with Crippen molar-refractivity contribution in [1.82, 2.24) is 3.53 Å². The molecule has 5 heteroatoms. The summed E-state index contributed by atoms with van der Waals surface area (Å²) in [5.74, 6) is 0. The van der Waals surface area contributed by atoms with Gasteiger partial charge in [-0.3, -0.25) is 0 Å². The topological polar surface area (TPSA) is 32.3 Å². The third-order valence-corrected chi connectivity index (χ3v) is 2.33. The summed E-state index contributed by atoms with van der Waals surface area (Å²) in [7, 11) is 0. The Kier molecular flexibility index (Phi) is 4.05. The molecule has 0 bridgehead atoms. The average Bonchev–Trinajstić information content (AvgIpc) is 2.01. The second-order valence-corrected chi connectivity index (χ2v) is 3.71. The van der Waals surface area contributed by atoms with E-state index in [1.54, 1.807) is 18.2 Å². The fourth-order valence-corrected chi connectivity index (χ4v) is 1.70. The maximum Gasteiger partial charge on any atom is 0.139 e. The fourth-order valence-electron chi connectivity index (χ4n) is 0.796. The second-order valence-electron chi connectivity index (χ2n) is 2.21. The molecular weight excluding hydrogens is 312 g/mol. The summed E-state index contributed by atoms with van der Waals surface area (Å²) in [4.78, 5) is 0. The molecule has 1 atom stereocenters. The molecule has 1 aromatic carbocycles. The minimum Gasteiger partial charge on any atom is -0.374 e. The summed E-state index contributed by atoms with van der Waals surface area (Å²) in [5.41, 5.74) is 0.655. The molecule has 66 valence electrons. The van der Waals surface area contributed by atoms with E-state index < -0.39 is 6.23 Å². The van der Waals surface area contributed by atoms with Gasteiger partial charge in [-0.2, -0.15) is 0 Å². The van der Waals surface area contributed by atoms with E-state index >= 15 is 0 Å². The molecule has 0 saturated heterocycles. The van der Waals surface area contributed by atoms with Crippen LogP contribution in [0.15, 0.2) is 18.2 Å². The number of hydrogen-bond acceptors (Lipinski definition) is 2. The predicted molar refractivity (Wildman–Crippen MR) is 58.6 cm³/mol. The largest absolute Gasteiger partial charge is 0.374 e. The van der Waals surface area contributed by atoms with Gasteiger partial charge in [0.2, 0.25) is 0 Å². The minimum absolute atomic E-state index is 0.517. The van der Waals surface area contributed by atoms with Crippen LogP contribution < -0.4 is 3.53 Å².